The first-order chi connectivity index (χ1) is 13.5. The molecule has 2 heterocycles. The summed E-state index contributed by atoms with van der Waals surface area (Å²) in [5, 5.41) is 8.16. The molecule has 0 aliphatic carbocycles. The summed E-state index contributed by atoms with van der Waals surface area (Å²) in [6.45, 7) is 4.60. The summed E-state index contributed by atoms with van der Waals surface area (Å²) in [6.07, 6.45) is 0.676. The number of halogens is 1. The van der Waals surface area contributed by atoms with E-state index < -0.39 is 0 Å². The van der Waals surface area contributed by atoms with Crippen LogP contribution in [0.15, 0.2) is 28.8 Å². The van der Waals surface area contributed by atoms with Crippen LogP contribution in [-0.2, 0) is 13.0 Å². The predicted molar refractivity (Wildman–Crippen MR) is 106 cm³/mol. The quantitative estimate of drug-likeness (QED) is 0.592. The molecule has 1 amide bonds. The highest BCUT2D eigenvalue weighted by molar-refractivity contribution is 7.11. The van der Waals surface area contributed by atoms with E-state index >= 15 is 0 Å². The van der Waals surface area contributed by atoms with Gasteiger partial charge in [-0.15, -0.1) is 11.3 Å². The van der Waals surface area contributed by atoms with Crippen molar-refractivity contribution >= 4 is 28.8 Å². The van der Waals surface area contributed by atoms with Crippen LogP contribution in [0, 0.1) is 13.8 Å². The molecule has 148 valence electrons. The van der Waals surface area contributed by atoms with Crippen molar-refractivity contribution in [3.63, 3.8) is 0 Å². The first-order valence-electron chi connectivity index (χ1n) is 8.59. The Balaban J connectivity index is 1.51. The minimum atomic E-state index is -0.302. The van der Waals surface area contributed by atoms with Gasteiger partial charge in [-0.1, -0.05) is 16.8 Å². The van der Waals surface area contributed by atoms with Crippen LogP contribution in [0.4, 0.5) is 0 Å². The van der Waals surface area contributed by atoms with Gasteiger partial charge >= 0.3 is 0 Å². The number of hydrogen-bond donors (Lipinski definition) is 1. The van der Waals surface area contributed by atoms with Crippen molar-refractivity contribution in [3.05, 3.63) is 56.3 Å². The lowest BCUT2D eigenvalue weighted by atomic mass is 10.3. The Labute approximate surface area is 171 Å². The lowest BCUT2D eigenvalue weighted by molar-refractivity contribution is 0.0944. The van der Waals surface area contributed by atoms with E-state index in [4.69, 9.17) is 25.6 Å². The van der Waals surface area contributed by atoms with Crippen LogP contribution in [0.25, 0.3) is 0 Å². The molecule has 9 heteroatoms. The van der Waals surface area contributed by atoms with Crippen LogP contribution >= 0.6 is 22.9 Å². The predicted octanol–water partition coefficient (Wildman–Crippen LogP) is 3.96. The molecule has 0 aliphatic heterocycles. The molecule has 0 saturated carbocycles. The number of aromatic nitrogens is 2. The largest absolute Gasteiger partial charge is 0.493 e. The number of rotatable bonds is 8. The molecule has 0 radical (unpaired) electrons. The average molecular weight is 422 g/mol. The molecule has 1 aromatic carbocycles. The first kappa shape index (κ1) is 20.2. The summed E-state index contributed by atoms with van der Waals surface area (Å²) < 4.78 is 16.1. The van der Waals surface area contributed by atoms with Gasteiger partial charge in [0, 0.05) is 35.0 Å². The summed E-state index contributed by atoms with van der Waals surface area (Å²) in [5.41, 5.74) is 1.23. The van der Waals surface area contributed by atoms with Crippen LogP contribution in [0.3, 0.4) is 0 Å². The molecule has 3 aromatic rings. The number of carbonyl (C=O) groups excluding carboxylic acids is 1. The molecule has 1 N–H and O–H groups in total. The van der Waals surface area contributed by atoms with Gasteiger partial charge in [0.05, 0.1) is 17.8 Å². The van der Waals surface area contributed by atoms with Crippen molar-refractivity contribution in [2.24, 2.45) is 0 Å². The number of aryl methyl sites for hydroxylation is 2. The number of carbonyl (C=O) groups is 1. The average Bonchev–Trinajstić information content (AvgIpc) is 3.27. The number of benzene rings is 1. The lowest BCUT2D eigenvalue weighted by Gasteiger charge is -2.09. The maximum Gasteiger partial charge on any atom is 0.273 e. The smallest absolute Gasteiger partial charge is 0.273 e. The van der Waals surface area contributed by atoms with Gasteiger partial charge < -0.3 is 19.3 Å². The van der Waals surface area contributed by atoms with Gasteiger partial charge in [0.15, 0.2) is 23.0 Å². The standard InChI is InChI=1S/C19H20ClN3O4S/c1-11-12(2)28-18(22-11)6-7-21-19(24)15-9-14(27-23-15)10-26-16-5-4-13(20)8-17(16)25-3/h4-5,8-9H,6-7,10H2,1-3H3,(H,21,24). The van der Waals surface area contributed by atoms with Crippen molar-refractivity contribution in [3.8, 4) is 11.5 Å². The summed E-state index contributed by atoms with van der Waals surface area (Å²) >= 11 is 7.57. The van der Waals surface area contributed by atoms with Crippen LogP contribution in [0.1, 0.15) is 31.8 Å². The number of hydrogen-bond acceptors (Lipinski definition) is 7. The second-order valence-electron chi connectivity index (χ2n) is 6.02. The van der Waals surface area contributed by atoms with E-state index in [0.717, 1.165) is 10.7 Å². The van der Waals surface area contributed by atoms with Gasteiger partial charge in [-0.25, -0.2) is 4.98 Å². The van der Waals surface area contributed by atoms with Crippen LogP contribution < -0.4 is 14.8 Å². The molecule has 0 fully saturated rings. The number of amides is 1. The lowest BCUT2D eigenvalue weighted by Crippen LogP contribution is -2.25. The molecule has 0 saturated heterocycles. The van der Waals surface area contributed by atoms with Crippen molar-refractivity contribution in [1.29, 1.82) is 0 Å². The molecular formula is C19H20ClN3O4S. The molecular weight excluding hydrogens is 402 g/mol. The maximum absolute atomic E-state index is 12.2. The first-order valence-corrected chi connectivity index (χ1v) is 9.78. The third-order valence-electron chi connectivity index (χ3n) is 3.98. The van der Waals surface area contributed by atoms with Gasteiger partial charge in [-0.2, -0.15) is 0 Å². The molecule has 2 aromatic heterocycles. The minimum absolute atomic E-state index is 0.107. The summed E-state index contributed by atoms with van der Waals surface area (Å²) in [6, 6.07) is 6.61. The van der Waals surface area contributed by atoms with Gasteiger partial charge in [0.25, 0.3) is 5.91 Å². The van der Waals surface area contributed by atoms with Gasteiger partial charge in [0.1, 0.15) is 6.61 Å². The SMILES string of the molecule is COc1cc(Cl)ccc1OCc1cc(C(=O)NCCc2nc(C)c(C)s2)no1. The third kappa shape index (κ3) is 5.02. The fraction of sp³-hybridized carbons (Fsp3) is 0.316. The Morgan fingerprint density at radius 2 is 2.11 bits per heavy atom. The third-order valence-corrected chi connectivity index (χ3v) is 5.35. The maximum atomic E-state index is 12.2. The second kappa shape index (κ2) is 9.07. The van der Waals surface area contributed by atoms with Crippen molar-refractivity contribution < 1.29 is 18.8 Å². The zero-order chi connectivity index (χ0) is 20.1. The van der Waals surface area contributed by atoms with Crippen molar-refractivity contribution in [2.75, 3.05) is 13.7 Å². The number of nitrogens with one attached hydrogen (secondary N) is 1. The number of methoxy groups -OCH3 is 1. The van der Waals surface area contributed by atoms with E-state index in [1.54, 1.807) is 35.6 Å². The molecule has 0 bridgehead atoms. The topological polar surface area (TPSA) is 86.5 Å². The molecule has 7 nitrogen and oxygen atoms in total. The summed E-state index contributed by atoms with van der Waals surface area (Å²) in [7, 11) is 1.53. The Bertz CT molecular complexity index is 950. The van der Waals surface area contributed by atoms with Gasteiger partial charge in [-0.05, 0) is 26.0 Å². The van der Waals surface area contributed by atoms with Crippen molar-refractivity contribution in [2.45, 2.75) is 26.9 Å². The zero-order valence-electron chi connectivity index (χ0n) is 15.7. The van der Waals surface area contributed by atoms with E-state index in [9.17, 15) is 4.79 Å². The normalized spacial score (nSPS) is 10.7. The number of thiazole rings is 1. The Morgan fingerprint density at radius 3 is 2.82 bits per heavy atom. The van der Waals surface area contributed by atoms with Crippen molar-refractivity contribution in [1.82, 2.24) is 15.5 Å². The minimum Gasteiger partial charge on any atom is -0.493 e. The molecule has 3 rings (SSSR count). The van der Waals surface area contributed by atoms with Gasteiger partial charge in [-0.3, -0.25) is 4.79 Å². The van der Waals surface area contributed by atoms with E-state index in [1.165, 1.54) is 12.0 Å². The molecule has 28 heavy (non-hydrogen) atoms. The number of ether oxygens (including phenoxy) is 2. The Hall–Kier alpha value is -2.58. The Morgan fingerprint density at radius 1 is 1.29 bits per heavy atom. The van der Waals surface area contributed by atoms with E-state index in [0.29, 0.717) is 35.2 Å². The fourth-order valence-corrected chi connectivity index (χ4v) is 3.51. The molecule has 0 aliphatic rings. The number of nitrogens with zero attached hydrogens (tertiary/aromatic N) is 2. The molecule has 0 atom stereocenters. The second-order valence-corrected chi connectivity index (χ2v) is 7.74. The highest BCUT2D eigenvalue weighted by Crippen LogP contribution is 2.30. The summed E-state index contributed by atoms with van der Waals surface area (Å²) in [5.74, 6) is 1.15. The van der Waals surface area contributed by atoms with E-state index in [-0.39, 0.29) is 18.2 Å². The van der Waals surface area contributed by atoms with E-state index in [1.807, 2.05) is 13.8 Å². The van der Waals surface area contributed by atoms with Crippen LogP contribution in [0.5, 0.6) is 11.5 Å². The van der Waals surface area contributed by atoms with Gasteiger partial charge in [0.2, 0.25) is 0 Å². The highest BCUT2D eigenvalue weighted by atomic mass is 35.5. The molecule has 0 spiro atoms. The monoisotopic (exact) mass is 421 g/mol. The summed E-state index contributed by atoms with van der Waals surface area (Å²) in [4.78, 5) is 17.9. The van der Waals surface area contributed by atoms with Crippen LogP contribution in [-0.4, -0.2) is 29.7 Å². The highest BCUT2D eigenvalue weighted by Gasteiger charge is 2.14. The fourth-order valence-electron chi connectivity index (χ4n) is 2.42. The zero-order valence-corrected chi connectivity index (χ0v) is 17.3. The molecule has 0 unspecified atom stereocenters. The van der Waals surface area contributed by atoms with Crippen LogP contribution in [0.2, 0.25) is 5.02 Å². The Kier molecular flexibility index (Phi) is 6.53. The van der Waals surface area contributed by atoms with E-state index in [2.05, 4.69) is 15.5 Å².